The van der Waals surface area contributed by atoms with Crippen LogP contribution in [0.25, 0.3) is 0 Å². The molecule has 3 aromatic carbocycles. The number of hydrogen-bond acceptors (Lipinski definition) is 1. The van der Waals surface area contributed by atoms with Crippen LogP contribution in [0.2, 0.25) is 0 Å². The lowest BCUT2D eigenvalue weighted by atomic mass is 9.98. The fourth-order valence-electron chi connectivity index (χ4n) is 2.64. The molecule has 0 saturated carbocycles. The number of rotatable bonds is 5. The summed E-state index contributed by atoms with van der Waals surface area (Å²) in [5.74, 6) is -0.369. The number of carbonyl (C=O) groups excluding carboxylic acids is 1. The molecule has 0 aliphatic carbocycles. The zero-order valence-corrected chi connectivity index (χ0v) is 14.0. The van der Waals surface area contributed by atoms with Gasteiger partial charge in [-0.05, 0) is 41.0 Å². The normalized spacial score (nSPS) is 11.6. The molecular weight excluding hydrogens is 334 g/mol. The SMILES string of the molecule is O=C(Nc1ccc(F)cc1)NC(c1ccccc1)c1ccc(CF)cc1. The molecule has 0 saturated heterocycles. The van der Waals surface area contributed by atoms with Crippen LogP contribution in [-0.4, -0.2) is 6.03 Å². The van der Waals surface area contributed by atoms with Crippen LogP contribution in [0.15, 0.2) is 78.9 Å². The van der Waals surface area contributed by atoms with Crippen molar-refractivity contribution in [2.24, 2.45) is 0 Å². The van der Waals surface area contributed by atoms with Gasteiger partial charge in [-0.2, -0.15) is 0 Å². The maximum absolute atomic E-state index is 13.0. The lowest BCUT2D eigenvalue weighted by Crippen LogP contribution is -2.33. The monoisotopic (exact) mass is 352 g/mol. The predicted octanol–water partition coefficient (Wildman–Crippen LogP) is 5.21. The first kappa shape index (κ1) is 17.6. The van der Waals surface area contributed by atoms with Gasteiger partial charge in [0.25, 0.3) is 0 Å². The van der Waals surface area contributed by atoms with Gasteiger partial charge < -0.3 is 10.6 Å². The molecular formula is C21H18F2N2O. The molecule has 26 heavy (non-hydrogen) atoms. The van der Waals surface area contributed by atoms with Crippen LogP contribution in [0, 0.1) is 5.82 Å². The van der Waals surface area contributed by atoms with Crippen LogP contribution in [-0.2, 0) is 6.67 Å². The molecule has 1 atom stereocenters. The molecule has 0 aromatic heterocycles. The molecule has 1 unspecified atom stereocenters. The maximum Gasteiger partial charge on any atom is 0.319 e. The molecule has 2 N–H and O–H groups in total. The lowest BCUT2D eigenvalue weighted by Gasteiger charge is -2.20. The van der Waals surface area contributed by atoms with Crippen LogP contribution in [0.1, 0.15) is 22.7 Å². The van der Waals surface area contributed by atoms with E-state index in [1.807, 2.05) is 30.3 Å². The molecule has 0 heterocycles. The first-order valence-corrected chi connectivity index (χ1v) is 8.18. The average Bonchev–Trinajstić information content (AvgIpc) is 2.69. The van der Waals surface area contributed by atoms with Gasteiger partial charge in [-0.3, -0.25) is 0 Å². The molecule has 132 valence electrons. The molecule has 0 radical (unpaired) electrons. The molecule has 3 nitrogen and oxygen atoms in total. The second-order valence-electron chi connectivity index (χ2n) is 5.82. The fraction of sp³-hybridized carbons (Fsp3) is 0.0952. The third-order valence-electron chi connectivity index (χ3n) is 3.98. The minimum absolute atomic E-state index is 0.369. The van der Waals surface area contributed by atoms with Gasteiger partial charge in [-0.25, -0.2) is 13.6 Å². The van der Waals surface area contributed by atoms with Crippen molar-refractivity contribution >= 4 is 11.7 Å². The molecule has 0 spiro atoms. The molecule has 3 rings (SSSR count). The van der Waals surface area contributed by atoms with E-state index in [2.05, 4.69) is 10.6 Å². The second kappa shape index (κ2) is 8.25. The standard InChI is InChI=1S/C21H18F2N2O/c22-14-15-6-8-17(9-7-15)20(16-4-2-1-3-5-16)25-21(26)24-19-12-10-18(23)11-13-19/h1-13,20H,14H2,(H2,24,25,26). The topological polar surface area (TPSA) is 41.1 Å². The van der Waals surface area contributed by atoms with Gasteiger partial charge in [0.2, 0.25) is 0 Å². The average molecular weight is 352 g/mol. The highest BCUT2D eigenvalue weighted by Crippen LogP contribution is 2.23. The number of anilines is 1. The molecule has 0 aliphatic heterocycles. The number of carbonyl (C=O) groups is 1. The van der Waals surface area contributed by atoms with E-state index in [9.17, 15) is 13.6 Å². The van der Waals surface area contributed by atoms with Crippen molar-refractivity contribution in [3.05, 3.63) is 101 Å². The number of benzene rings is 3. The molecule has 0 fully saturated rings. The number of hydrogen-bond donors (Lipinski definition) is 2. The minimum atomic E-state index is -0.533. The van der Waals surface area contributed by atoms with E-state index in [0.29, 0.717) is 11.3 Å². The van der Waals surface area contributed by atoms with Crippen LogP contribution in [0.4, 0.5) is 19.3 Å². The van der Waals surface area contributed by atoms with Crippen molar-refractivity contribution in [1.29, 1.82) is 0 Å². The van der Waals surface area contributed by atoms with Gasteiger partial charge in [-0.15, -0.1) is 0 Å². The molecule has 5 heteroatoms. The second-order valence-corrected chi connectivity index (χ2v) is 5.82. The Balaban J connectivity index is 1.81. The maximum atomic E-state index is 13.0. The van der Waals surface area contributed by atoms with Crippen LogP contribution >= 0.6 is 0 Å². The van der Waals surface area contributed by atoms with E-state index in [4.69, 9.17) is 0 Å². The number of nitrogens with one attached hydrogen (secondary N) is 2. The summed E-state index contributed by atoms with van der Waals surface area (Å²) in [5.41, 5.74) is 2.80. The first-order chi connectivity index (χ1) is 12.7. The van der Waals surface area contributed by atoms with Crippen LogP contribution < -0.4 is 10.6 Å². The summed E-state index contributed by atoms with van der Waals surface area (Å²) in [6.45, 7) is -0.533. The quantitative estimate of drug-likeness (QED) is 0.650. The Morgan fingerprint density at radius 3 is 2.08 bits per heavy atom. The number of urea groups is 1. The van der Waals surface area contributed by atoms with E-state index in [1.165, 1.54) is 24.3 Å². The van der Waals surface area contributed by atoms with Gasteiger partial charge in [0, 0.05) is 5.69 Å². The summed E-state index contributed by atoms with van der Waals surface area (Å²) in [6.07, 6.45) is 0. The molecule has 0 bridgehead atoms. The minimum Gasteiger partial charge on any atom is -0.327 e. The Bertz CT molecular complexity index is 849. The van der Waals surface area contributed by atoms with Gasteiger partial charge in [0.15, 0.2) is 0 Å². The molecule has 0 aliphatic rings. The smallest absolute Gasteiger partial charge is 0.319 e. The lowest BCUT2D eigenvalue weighted by molar-refractivity contribution is 0.250. The summed E-state index contributed by atoms with van der Waals surface area (Å²) in [4.78, 5) is 12.4. The van der Waals surface area contributed by atoms with Crippen molar-refractivity contribution in [1.82, 2.24) is 5.32 Å². The Kier molecular flexibility index (Phi) is 5.59. The van der Waals surface area contributed by atoms with E-state index in [1.54, 1.807) is 24.3 Å². The van der Waals surface area contributed by atoms with Gasteiger partial charge in [-0.1, -0.05) is 54.6 Å². The van der Waals surface area contributed by atoms with Crippen molar-refractivity contribution < 1.29 is 13.6 Å². The van der Waals surface area contributed by atoms with E-state index in [-0.39, 0.29) is 5.82 Å². The van der Waals surface area contributed by atoms with E-state index < -0.39 is 18.7 Å². The summed E-state index contributed by atoms with van der Waals surface area (Å²) >= 11 is 0. The number of alkyl halides is 1. The summed E-state index contributed by atoms with van der Waals surface area (Å²) < 4.78 is 25.7. The Morgan fingerprint density at radius 1 is 0.846 bits per heavy atom. The summed E-state index contributed by atoms with van der Waals surface area (Å²) in [5, 5.41) is 5.60. The predicted molar refractivity (Wildman–Crippen MR) is 98.1 cm³/mol. The Labute approximate surface area is 150 Å². The Hall–Kier alpha value is -3.21. The zero-order valence-electron chi connectivity index (χ0n) is 14.0. The number of halogens is 2. The van der Waals surface area contributed by atoms with E-state index >= 15 is 0 Å². The van der Waals surface area contributed by atoms with Gasteiger partial charge in [0.05, 0.1) is 6.04 Å². The van der Waals surface area contributed by atoms with Gasteiger partial charge in [0.1, 0.15) is 12.5 Å². The van der Waals surface area contributed by atoms with Crippen LogP contribution in [0.3, 0.4) is 0 Å². The highest BCUT2D eigenvalue weighted by molar-refractivity contribution is 5.89. The van der Waals surface area contributed by atoms with Crippen molar-refractivity contribution in [3.63, 3.8) is 0 Å². The number of amides is 2. The highest BCUT2D eigenvalue weighted by atomic mass is 19.1. The van der Waals surface area contributed by atoms with Crippen molar-refractivity contribution in [2.45, 2.75) is 12.7 Å². The molecule has 3 aromatic rings. The fourth-order valence-corrected chi connectivity index (χ4v) is 2.64. The van der Waals surface area contributed by atoms with E-state index in [0.717, 1.165) is 11.1 Å². The third-order valence-corrected chi connectivity index (χ3v) is 3.98. The largest absolute Gasteiger partial charge is 0.327 e. The molecule has 2 amide bonds. The Morgan fingerprint density at radius 2 is 1.46 bits per heavy atom. The first-order valence-electron chi connectivity index (χ1n) is 8.18. The summed E-state index contributed by atoms with van der Waals surface area (Å²) in [6, 6.07) is 21.2. The highest BCUT2D eigenvalue weighted by Gasteiger charge is 2.17. The summed E-state index contributed by atoms with van der Waals surface area (Å²) in [7, 11) is 0. The van der Waals surface area contributed by atoms with Crippen molar-refractivity contribution in [2.75, 3.05) is 5.32 Å². The zero-order chi connectivity index (χ0) is 18.4. The van der Waals surface area contributed by atoms with Crippen molar-refractivity contribution in [3.8, 4) is 0 Å². The third kappa shape index (κ3) is 4.45. The van der Waals surface area contributed by atoms with Gasteiger partial charge >= 0.3 is 6.03 Å². The van der Waals surface area contributed by atoms with Crippen LogP contribution in [0.5, 0.6) is 0 Å².